The highest BCUT2D eigenvalue weighted by Gasteiger charge is 2.30. The highest BCUT2D eigenvalue weighted by Crippen LogP contribution is 2.32. The van der Waals surface area contributed by atoms with Gasteiger partial charge in [-0.15, -0.1) is 0 Å². The third kappa shape index (κ3) is 2.63. The van der Waals surface area contributed by atoms with Crippen molar-refractivity contribution in [2.75, 3.05) is 11.9 Å². The molecule has 0 radical (unpaired) electrons. The van der Waals surface area contributed by atoms with E-state index in [1.807, 2.05) is 0 Å². The molecule has 0 spiro atoms. The first kappa shape index (κ1) is 15.1. The summed E-state index contributed by atoms with van der Waals surface area (Å²) in [6, 6.07) is 4.43. The molecule has 1 saturated heterocycles. The maximum Gasteiger partial charge on any atom is 0.263 e. The van der Waals surface area contributed by atoms with E-state index in [0.29, 0.717) is 35.6 Å². The summed E-state index contributed by atoms with van der Waals surface area (Å²) in [6.45, 7) is 0.517. The Bertz CT molecular complexity index is 956. The minimum Gasteiger partial charge on any atom is -0.371 e. The van der Waals surface area contributed by atoms with Gasteiger partial charge >= 0.3 is 0 Å². The smallest absolute Gasteiger partial charge is 0.263 e. The molecular formula is C15H13ClFN5O2. The average Bonchev–Trinajstić information content (AvgIpc) is 3.19. The van der Waals surface area contributed by atoms with Crippen molar-refractivity contribution in [3.63, 3.8) is 0 Å². The van der Waals surface area contributed by atoms with Crippen LogP contribution in [0.25, 0.3) is 11.0 Å². The molecule has 0 unspecified atom stereocenters. The van der Waals surface area contributed by atoms with Crippen LogP contribution in [-0.4, -0.2) is 32.8 Å². The molecule has 3 N–H and O–H groups in total. The van der Waals surface area contributed by atoms with E-state index in [-0.39, 0.29) is 22.7 Å². The van der Waals surface area contributed by atoms with Gasteiger partial charge in [0.25, 0.3) is 5.56 Å². The second-order valence-electron chi connectivity index (χ2n) is 5.55. The van der Waals surface area contributed by atoms with Gasteiger partial charge in [0.2, 0.25) is 5.95 Å². The number of rotatable bonds is 3. The van der Waals surface area contributed by atoms with Gasteiger partial charge in [-0.05, 0) is 24.1 Å². The Labute approximate surface area is 140 Å². The molecule has 124 valence electrons. The minimum absolute atomic E-state index is 0.0666. The van der Waals surface area contributed by atoms with Crippen molar-refractivity contribution in [2.24, 2.45) is 0 Å². The Morgan fingerprint density at radius 2 is 2.29 bits per heavy atom. The summed E-state index contributed by atoms with van der Waals surface area (Å²) in [4.78, 5) is 18.9. The van der Waals surface area contributed by atoms with Gasteiger partial charge in [-0.1, -0.05) is 17.7 Å². The molecule has 1 fully saturated rings. The first-order chi connectivity index (χ1) is 11.6. The Morgan fingerprint density at radius 1 is 1.42 bits per heavy atom. The average molecular weight is 350 g/mol. The molecule has 2 aromatic heterocycles. The molecule has 1 aromatic carbocycles. The molecule has 9 heteroatoms. The van der Waals surface area contributed by atoms with Crippen molar-refractivity contribution in [2.45, 2.75) is 18.6 Å². The number of anilines is 1. The zero-order chi connectivity index (χ0) is 16.7. The predicted molar refractivity (Wildman–Crippen MR) is 86.6 cm³/mol. The number of nitrogens with zero attached hydrogens (tertiary/aromatic N) is 2. The molecule has 0 amide bonds. The SMILES string of the molecule is O=c1[nH]c(N[C@@H]2CCO[C@H]2c2ccc(Cl)c(F)c2)nc2[nH]ncc12. The van der Waals surface area contributed by atoms with E-state index in [2.05, 4.69) is 25.5 Å². The summed E-state index contributed by atoms with van der Waals surface area (Å²) in [7, 11) is 0. The Hall–Kier alpha value is -2.45. The molecule has 0 bridgehead atoms. The van der Waals surface area contributed by atoms with Gasteiger partial charge in [-0.25, -0.2) is 4.39 Å². The van der Waals surface area contributed by atoms with Gasteiger partial charge in [0.1, 0.15) is 17.3 Å². The lowest BCUT2D eigenvalue weighted by Crippen LogP contribution is -2.26. The summed E-state index contributed by atoms with van der Waals surface area (Å²) >= 11 is 5.73. The van der Waals surface area contributed by atoms with Crippen LogP contribution in [-0.2, 0) is 4.74 Å². The fourth-order valence-electron chi connectivity index (χ4n) is 2.84. The van der Waals surface area contributed by atoms with Crippen molar-refractivity contribution in [3.05, 3.63) is 51.2 Å². The van der Waals surface area contributed by atoms with E-state index in [0.717, 1.165) is 0 Å². The zero-order valence-corrected chi connectivity index (χ0v) is 13.1. The van der Waals surface area contributed by atoms with E-state index in [1.165, 1.54) is 18.3 Å². The molecular weight excluding hydrogens is 337 g/mol. The number of aromatic amines is 2. The second-order valence-corrected chi connectivity index (χ2v) is 5.96. The van der Waals surface area contributed by atoms with E-state index >= 15 is 0 Å². The number of fused-ring (bicyclic) bond motifs is 1. The van der Waals surface area contributed by atoms with Crippen LogP contribution in [0.2, 0.25) is 5.02 Å². The van der Waals surface area contributed by atoms with Crippen molar-refractivity contribution >= 4 is 28.6 Å². The Balaban J connectivity index is 1.62. The molecule has 0 saturated carbocycles. The van der Waals surface area contributed by atoms with Crippen molar-refractivity contribution in [3.8, 4) is 0 Å². The number of aromatic nitrogens is 4. The first-order valence-corrected chi connectivity index (χ1v) is 7.76. The molecule has 1 aliphatic heterocycles. The lowest BCUT2D eigenvalue weighted by Gasteiger charge is -2.20. The highest BCUT2D eigenvalue weighted by molar-refractivity contribution is 6.30. The number of halogens is 2. The van der Waals surface area contributed by atoms with Crippen LogP contribution in [0.1, 0.15) is 18.1 Å². The molecule has 3 aromatic rings. The number of ether oxygens (including phenoxy) is 1. The van der Waals surface area contributed by atoms with E-state index in [4.69, 9.17) is 16.3 Å². The molecule has 24 heavy (non-hydrogen) atoms. The molecule has 2 atom stereocenters. The maximum atomic E-state index is 13.7. The molecule has 3 heterocycles. The van der Waals surface area contributed by atoms with Crippen LogP contribution in [0.4, 0.5) is 10.3 Å². The summed E-state index contributed by atoms with van der Waals surface area (Å²) in [6.07, 6.45) is 1.75. The lowest BCUT2D eigenvalue weighted by molar-refractivity contribution is 0.107. The van der Waals surface area contributed by atoms with Crippen molar-refractivity contribution in [1.29, 1.82) is 0 Å². The fourth-order valence-corrected chi connectivity index (χ4v) is 2.96. The number of H-pyrrole nitrogens is 2. The van der Waals surface area contributed by atoms with Gasteiger partial charge in [0.15, 0.2) is 5.65 Å². The molecule has 7 nitrogen and oxygen atoms in total. The Kier molecular flexibility index (Phi) is 3.70. The quantitative estimate of drug-likeness (QED) is 0.674. The van der Waals surface area contributed by atoms with E-state index < -0.39 is 5.82 Å². The molecule has 0 aliphatic carbocycles. The topological polar surface area (TPSA) is 95.7 Å². The number of benzene rings is 1. The predicted octanol–water partition coefficient (Wildman–Crippen LogP) is 2.38. The van der Waals surface area contributed by atoms with Crippen molar-refractivity contribution < 1.29 is 9.13 Å². The van der Waals surface area contributed by atoms with Crippen LogP contribution in [0.15, 0.2) is 29.2 Å². The standard InChI is InChI=1S/C15H13ClFN5O2/c16-9-2-1-7(5-10(9)17)12-11(3-4-24-12)19-15-20-13-8(6-18-22-13)14(23)21-15/h1-2,5-6,11-12H,3-4H2,(H3,18,19,20,21,22,23)/t11-,12+/m1/s1. The second kappa shape index (κ2) is 5.88. The van der Waals surface area contributed by atoms with Crippen LogP contribution in [0.3, 0.4) is 0 Å². The van der Waals surface area contributed by atoms with Crippen LogP contribution < -0.4 is 10.9 Å². The summed E-state index contributed by atoms with van der Waals surface area (Å²) in [5.41, 5.74) is 0.787. The maximum absolute atomic E-state index is 13.7. The van der Waals surface area contributed by atoms with Crippen LogP contribution in [0, 0.1) is 5.82 Å². The number of hydrogen-bond acceptors (Lipinski definition) is 5. The van der Waals surface area contributed by atoms with Gasteiger partial charge < -0.3 is 10.1 Å². The highest BCUT2D eigenvalue weighted by atomic mass is 35.5. The zero-order valence-electron chi connectivity index (χ0n) is 12.3. The van der Waals surface area contributed by atoms with E-state index in [1.54, 1.807) is 6.07 Å². The summed E-state index contributed by atoms with van der Waals surface area (Å²) in [5, 5.41) is 10.1. The third-order valence-electron chi connectivity index (χ3n) is 4.01. The van der Waals surface area contributed by atoms with Gasteiger partial charge in [0.05, 0.1) is 17.3 Å². The van der Waals surface area contributed by atoms with Gasteiger partial charge in [-0.2, -0.15) is 10.1 Å². The molecule has 4 rings (SSSR count). The fraction of sp³-hybridized carbons (Fsp3) is 0.267. The normalized spacial score (nSPS) is 20.6. The monoisotopic (exact) mass is 349 g/mol. The van der Waals surface area contributed by atoms with Gasteiger partial charge in [0, 0.05) is 6.61 Å². The van der Waals surface area contributed by atoms with E-state index in [9.17, 15) is 9.18 Å². The minimum atomic E-state index is -0.492. The van der Waals surface area contributed by atoms with Crippen molar-refractivity contribution in [1.82, 2.24) is 20.2 Å². The molecule has 1 aliphatic rings. The summed E-state index contributed by atoms with van der Waals surface area (Å²) < 4.78 is 19.4. The number of hydrogen-bond donors (Lipinski definition) is 3. The summed E-state index contributed by atoms with van der Waals surface area (Å²) in [5.74, 6) is -0.180. The number of nitrogens with one attached hydrogen (secondary N) is 3. The van der Waals surface area contributed by atoms with Crippen LogP contribution >= 0.6 is 11.6 Å². The lowest BCUT2D eigenvalue weighted by atomic mass is 10.0. The largest absolute Gasteiger partial charge is 0.371 e. The van der Waals surface area contributed by atoms with Crippen LogP contribution in [0.5, 0.6) is 0 Å². The Morgan fingerprint density at radius 3 is 3.12 bits per heavy atom. The third-order valence-corrected chi connectivity index (χ3v) is 4.31. The van der Waals surface area contributed by atoms with Gasteiger partial charge in [-0.3, -0.25) is 14.9 Å². The first-order valence-electron chi connectivity index (χ1n) is 7.38.